The Bertz CT molecular complexity index is 1370. The lowest BCUT2D eigenvalue weighted by Crippen LogP contribution is -2.41. The Morgan fingerprint density at radius 3 is 2.36 bits per heavy atom. The molecule has 10 heteroatoms. The van der Waals surface area contributed by atoms with Crippen molar-refractivity contribution in [1.29, 1.82) is 0 Å². The number of hydrogen-bond acceptors (Lipinski definition) is 6. The SMILES string of the molecule is COCCCc1cc(CN(C(=O)C(CN)Cc2ccc(OCCOc3c(Cl)cc(C)cc3Cl)cc2)C2CC2)cc(=O)[nH]1. The summed E-state index contributed by atoms with van der Waals surface area (Å²) in [5, 5.41) is 0.933. The highest BCUT2D eigenvalue weighted by Crippen LogP contribution is 2.34. The minimum atomic E-state index is -0.363. The number of H-pyrrole nitrogens is 1. The van der Waals surface area contributed by atoms with Crippen LogP contribution >= 0.6 is 23.2 Å². The first-order chi connectivity index (χ1) is 20.3. The molecule has 2 aromatic carbocycles. The van der Waals surface area contributed by atoms with Gasteiger partial charge in [0.25, 0.3) is 0 Å². The molecule has 0 saturated heterocycles. The standard InChI is InChI=1S/C32H39Cl2N3O5/c1-21-14-28(33)31(29(34)15-21)42-13-12-41-27-9-5-22(6-10-27)16-24(19-35)32(39)37(26-7-8-26)20-23-17-25(4-3-11-40-2)36-30(38)18-23/h5-6,9-10,14-15,17-18,24,26H,3-4,7-8,11-13,16,19-20,35H2,1-2H3,(H,36,38). The zero-order chi connectivity index (χ0) is 30.1. The van der Waals surface area contributed by atoms with Crippen molar-refractivity contribution in [1.82, 2.24) is 9.88 Å². The molecule has 8 nitrogen and oxygen atoms in total. The Morgan fingerprint density at radius 2 is 1.71 bits per heavy atom. The number of nitrogens with two attached hydrogens (primary N) is 1. The third kappa shape index (κ3) is 9.23. The first-order valence-corrected chi connectivity index (χ1v) is 15.0. The summed E-state index contributed by atoms with van der Waals surface area (Å²) in [5.41, 5.74) is 9.59. The van der Waals surface area contributed by atoms with Gasteiger partial charge in [-0.3, -0.25) is 9.59 Å². The Morgan fingerprint density at radius 1 is 1.02 bits per heavy atom. The first-order valence-electron chi connectivity index (χ1n) is 14.3. The number of aromatic amines is 1. The Hall–Kier alpha value is -3.04. The molecule has 3 N–H and O–H groups in total. The van der Waals surface area contributed by atoms with Crippen LogP contribution in [0.3, 0.4) is 0 Å². The largest absolute Gasteiger partial charge is 0.490 e. The topological polar surface area (TPSA) is 107 Å². The minimum absolute atomic E-state index is 0.0205. The molecule has 1 heterocycles. The predicted octanol–water partition coefficient (Wildman–Crippen LogP) is 5.34. The maximum atomic E-state index is 13.7. The predicted molar refractivity (Wildman–Crippen MR) is 166 cm³/mol. The minimum Gasteiger partial charge on any atom is -0.490 e. The Balaban J connectivity index is 1.32. The molecule has 226 valence electrons. The second kappa shape index (κ2) is 15.4. The van der Waals surface area contributed by atoms with Crippen LogP contribution in [-0.2, 0) is 28.9 Å². The smallest absolute Gasteiger partial charge is 0.248 e. The number of hydrogen-bond donors (Lipinski definition) is 2. The van der Waals surface area contributed by atoms with E-state index in [1.807, 2.05) is 42.2 Å². The summed E-state index contributed by atoms with van der Waals surface area (Å²) in [7, 11) is 1.66. The van der Waals surface area contributed by atoms with Crippen LogP contribution in [0.1, 0.15) is 41.6 Å². The molecule has 42 heavy (non-hydrogen) atoms. The highest BCUT2D eigenvalue weighted by molar-refractivity contribution is 6.37. The number of aromatic nitrogens is 1. The van der Waals surface area contributed by atoms with Crippen molar-refractivity contribution in [3.05, 3.63) is 91.3 Å². The fraction of sp³-hybridized carbons (Fsp3) is 0.438. The third-order valence-electron chi connectivity index (χ3n) is 7.16. The van der Waals surface area contributed by atoms with Gasteiger partial charge in [-0.05, 0) is 86.1 Å². The summed E-state index contributed by atoms with van der Waals surface area (Å²) >= 11 is 12.5. The van der Waals surface area contributed by atoms with E-state index in [1.54, 1.807) is 25.3 Å². The fourth-order valence-electron chi connectivity index (χ4n) is 4.91. The summed E-state index contributed by atoms with van der Waals surface area (Å²) in [5.74, 6) is 0.793. The number of ether oxygens (including phenoxy) is 3. The van der Waals surface area contributed by atoms with Crippen LogP contribution in [0, 0.1) is 12.8 Å². The van der Waals surface area contributed by atoms with Crippen molar-refractivity contribution in [2.75, 3.05) is 33.5 Å². The van der Waals surface area contributed by atoms with Gasteiger partial charge >= 0.3 is 0 Å². The normalized spacial score (nSPS) is 13.5. The van der Waals surface area contributed by atoms with E-state index in [4.69, 9.17) is 43.1 Å². The number of amides is 1. The summed E-state index contributed by atoms with van der Waals surface area (Å²) in [6.07, 6.45) is 3.97. The van der Waals surface area contributed by atoms with Gasteiger partial charge < -0.3 is 29.8 Å². The fourth-order valence-corrected chi connectivity index (χ4v) is 5.61. The molecule has 0 bridgehead atoms. The quantitative estimate of drug-likeness (QED) is 0.211. The molecule has 3 aromatic rings. The number of aryl methyl sites for hydroxylation is 2. The van der Waals surface area contributed by atoms with Gasteiger partial charge in [-0.2, -0.15) is 0 Å². The third-order valence-corrected chi connectivity index (χ3v) is 7.72. The van der Waals surface area contributed by atoms with Crippen molar-refractivity contribution in [2.24, 2.45) is 11.7 Å². The van der Waals surface area contributed by atoms with Crippen molar-refractivity contribution in [2.45, 2.75) is 51.6 Å². The number of benzene rings is 2. The molecular formula is C32H39Cl2N3O5. The van der Waals surface area contributed by atoms with Crippen molar-refractivity contribution >= 4 is 29.1 Å². The number of carbonyl (C=O) groups is 1. The van der Waals surface area contributed by atoms with Gasteiger partial charge in [-0.15, -0.1) is 0 Å². The molecule has 1 aliphatic carbocycles. The number of pyridine rings is 1. The lowest BCUT2D eigenvalue weighted by molar-refractivity contribution is -0.136. The van der Waals surface area contributed by atoms with Gasteiger partial charge in [0.2, 0.25) is 11.5 Å². The van der Waals surface area contributed by atoms with E-state index in [1.165, 1.54) is 0 Å². The molecule has 1 fully saturated rings. The molecule has 4 rings (SSSR count). The molecule has 1 aromatic heterocycles. The van der Waals surface area contributed by atoms with Crippen molar-refractivity contribution in [3.8, 4) is 11.5 Å². The Kier molecular flexibility index (Phi) is 11.7. The number of methoxy groups -OCH3 is 1. The molecule has 0 radical (unpaired) electrons. The Labute approximate surface area is 257 Å². The summed E-state index contributed by atoms with van der Waals surface area (Å²) in [6.45, 7) is 3.77. The van der Waals surface area contributed by atoms with Crippen LogP contribution in [0.2, 0.25) is 10.0 Å². The highest BCUT2D eigenvalue weighted by atomic mass is 35.5. The van der Waals surface area contributed by atoms with E-state index >= 15 is 0 Å². The van der Waals surface area contributed by atoms with Gasteiger partial charge in [-0.25, -0.2) is 0 Å². The van der Waals surface area contributed by atoms with Crippen LogP contribution in [0.15, 0.2) is 53.3 Å². The molecule has 1 atom stereocenters. The molecule has 1 aliphatic rings. The molecule has 1 saturated carbocycles. The average Bonchev–Trinajstić information content (AvgIpc) is 3.79. The van der Waals surface area contributed by atoms with Crippen LogP contribution in [-0.4, -0.2) is 55.3 Å². The van der Waals surface area contributed by atoms with E-state index in [2.05, 4.69) is 4.98 Å². The van der Waals surface area contributed by atoms with Gasteiger partial charge in [0, 0.05) is 44.6 Å². The van der Waals surface area contributed by atoms with Crippen LogP contribution in [0.5, 0.6) is 11.5 Å². The number of nitrogens with zero attached hydrogens (tertiary/aromatic N) is 1. The van der Waals surface area contributed by atoms with Crippen LogP contribution in [0.25, 0.3) is 0 Å². The van der Waals surface area contributed by atoms with E-state index in [-0.39, 0.29) is 36.6 Å². The zero-order valence-electron chi connectivity index (χ0n) is 24.2. The number of carbonyl (C=O) groups excluding carboxylic acids is 1. The molecule has 0 spiro atoms. The maximum absolute atomic E-state index is 13.7. The molecule has 1 unspecified atom stereocenters. The summed E-state index contributed by atoms with van der Waals surface area (Å²) < 4.78 is 16.7. The van der Waals surface area contributed by atoms with E-state index in [9.17, 15) is 9.59 Å². The van der Waals surface area contributed by atoms with Crippen molar-refractivity contribution < 1.29 is 19.0 Å². The molecule has 0 aliphatic heterocycles. The second-order valence-corrected chi connectivity index (χ2v) is 11.5. The van der Waals surface area contributed by atoms with E-state index in [0.29, 0.717) is 54.1 Å². The summed E-state index contributed by atoms with van der Waals surface area (Å²) in [6, 6.07) is 15.0. The average molecular weight is 617 g/mol. The number of nitrogens with one attached hydrogen (secondary N) is 1. The van der Waals surface area contributed by atoms with Gasteiger partial charge in [-0.1, -0.05) is 35.3 Å². The molecule has 1 amide bonds. The van der Waals surface area contributed by atoms with Crippen molar-refractivity contribution in [3.63, 3.8) is 0 Å². The summed E-state index contributed by atoms with van der Waals surface area (Å²) in [4.78, 5) is 30.7. The highest BCUT2D eigenvalue weighted by Gasteiger charge is 2.35. The number of halogens is 2. The van der Waals surface area contributed by atoms with Crippen LogP contribution < -0.4 is 20.8 Å². The maximum Gasteiger partial charge on any atom is 0.248 e. The van der Waals surface area contributed by atoms with E-state index in [0.717, 1.165) is 41.6 Å². The molecular weight excluding hydrogens is 577 g/mol. The lowest BCUT2D eigenvalue weighted by Gasteiger charge is -2.27. The number of rotatable bonds is 16. The van der Waals surface area contributed by atoms with Gasteiger partial charge in [0.15, 0.2) is 5.75 Å². The lowest BCUT2D eigenvalue weighted by atomic mass is 9.97. The van der Waals surface area contributed by atoms with E-state index < -0.39 is 0 Å². The second-order valence-electron chi connectivity index (χ2n) is 10.7. The first kappa shape index (κ1) is 31.9. The van der Waals surface area contributed by atoms with Crippen LogP contribution in [0.4, 0.5) is 0 Å². The van der Waals surface area contributed by atoms with Gasteiger partial charge in [0.05, 0.1) is 16.0 Å². The zero-order valence-corrected chi connectivity index (χ0v) is 25.7. The monoisotopic (exact) mass is 615 g/mol. The van der Waals surface area contributed by atoms with Gasteiger partial charge in [0.1, 0.15) is 19.0 Å².